The Morgan fingerprint density at radius 1 is 1.25 bits per heavy atom. The first-order valence-corrected chi connectivity index (χ1v) is 5.14. The largest absolute Gasteiger partial charge is 0.368 e. The van der Waals surface area contributed by atoms with Crippen molar-refractivity contribution < 1.29 is 0 Å². The van der Waals surface area contributed by atoms with Crippen LogP contribution in [-0.4, -0.2) is 31.7 Å². The molecule has 6 heteroatoms. The van der Waals surface area contributed by atoms with Gasteiger partial charge in [0.1, 0.15) is 18.0 Å². The third-order valence-corrected chi connectivity index (χ3v) is 2.33. The first-order chi connectivity index (χ1) is 7.75. The van der Waals surface area contributed by atoms with Crippen molar-refractivity contribution in [1.82, 2.24) is 25.1 Å². The molecule has 2 aromatic heterocycles. The maximum absolute atomic E-state index is 4.37. The smallest absolute Gasteiger partial charge is 0.144 e. The molecule has 2 aromatic rings. The van der Waals surface area contributed by atoms with Crippen LogP contribution in [0.2, 0.25) is 0 Å². The van der Waals surface area contributed by atoms with E-state index in [0.29, 0.717) is 0 Å². The number of aromatic amines is 1. The molecule has 0 bridgehead atoms. The topological polar surface area (TPSA) is 79.4 Å². The van der Waals surface area contributed by atoms with Gasteiger partial charge in [-0.15, -0.1) is 0 Å². The molecular weight excluding hydrogens is 204 g/mol. The highest BCUT2D eigenvalue weighted by Gasteiger charge is 1.99. The normalized spacial score (nSPS) is 10.4. The van der Waals surface area contributed by atoms with Crippen molar-refractivity contribution >= 4 is 5.82 Å². The lowest BCUT2D eigenvalue weighted by Crippen LogP contribution is -2.08. The zero-order valence-corrected chi connectivity index (χ0v) is 9.36. The minimum Gasteiger partial charge on any atom is -0.368 e. The average molecular weight is 218 g/mol. The van der Waals surface area contributed by atoms with Gasteiger partial charge in [0, 0.05) is 13.0 Å². The second-order valence-electron chi connectivity index (χ2n) is 3.54. The Labute approximate surface area is 93.6 Å². The van der Waals surface area contributed by atoms with Crippen molar-refractivity contribution in [1.29, 1.82) is 0 Å². The van der Waals surface area contributed by atoms with E-state index in [0.717, 1.165) is 36.0 Å². The number of rotatable bonds is 4. The van der Waals surface area contributed by atoms with Crippen molar-refractivity contribution in [3.8, 4) is 0 Å². The molecule has 0 unspecified atom stereocenters. The zero-order chi connectivity index (χ0) is 11.4. The standard InChI is InChI=1S/C10H14N6/c1-7-8(2)15-10(5-12-7)11-4-3-9-13-6-14-16-9/h5-6H,3-4H2,1-2H3,(H,11,15)(H,13,14,16). The van der Waals surface area contributed by atoms with E-state index in [1.165, 1.54) is 6.33 Å². The molecule has 6 nitrogen and oxygen atoms in total. The molecule has 0 amide bonds. The zero-order valence-electron chi connectivity index (χ0n) is 9.36. The van der Waals surface area contributed by atoms with Crippen molar-refractivity contribution in [2.45, 2.75) is 20.3 Å². The Balaban J connectivity index is 1.87. The number of H-pyrrole nitrogens is 1. The Morgan fingerprint density at radius 3 is 2.81 bits per heavy atom. The van der Waals surface area contributed by atoms with Gasteiger partial charge in [-0.05, 0) is 13.8 Å². The number of aryl methyl sites for hydroxylation is 2. The summed E-state index contributed by atoms with van der Waals surface area (Å²) in [4.78, 5) is 12.6. The van der Waals surface area contributed by atoms with Gasteiger partial charge < -0.3 is 5.32 Å². The summed E-state index contributed by atoms with van der Waals surface area (Å²) >= 11 is 0. The van der Waals surface area contributed by atoms with Crippen LogP contribution in [-0.2, 0) is 6.42 Å². The molecule has 0 fully saturated rings. The molecule has 0 atom stereocenters. The first kappa shape index (κ1) is 10.5. The lowest BCUT2D eigenvalue weighted by molar-refractivity contribution is 0.892. The predicted molar refractivity (Wildman–Crippen MR) is 60.1 cm³/mol. The van der Waals surface area contributed by atoms with Gasteiger partial charge in [0.15, 0.2) is 0 Å². The van der Waals surface area contributed by atoms with Gasteiger partial charge >= 0.3 is 0 Å². The van der Waals surface area contributed by atoms with Crippen LogP contribution in [0.4, 0.5) is 5.82 Å². The van der Waals surface area contributed by atoms with Crippen LogP contribution in [0.3, 0.4) is 0 Å². The van der Waals surface area contributed by atoms with E-state index in [-0.39, 0.29) is 0 Å². The number of hydrogen-bond donors (Lipinski definition) is 2. The quantitative estimate of drug-likeness (QED) is 0.795. The van der Waals surface area contributed by atoms with Gasteiger partial charge in [-0.1, -0.05) is 0 Å². The maximum atomic E-state index is 4.37. The highest BCUT2D eigenvalue weighted by molar-refractivity contribution is 5.33. The summed E-state index contributed by atoms with van der Waals surface area (Å²) < 4.78 is 0. The van der Waals surface area contributed by atoms with Gasteiger partial charge in [-0.25, -0.2) is 9.97 Å². The lowest BCUT2D eigenvalue weighted by atomic mass is 10.3. The summed E-state index contributed by atoms with van der Waals surface area (Å²) in [5, 5.41) is 9.78. The van der Waals surface area contributed by atoms with Gasteiger partial charge in [-0.2, -0.15) is 5.10 Å². The van der Waals surface area contributed by atoms with Gasteiger partial charge in [-0.3, -0.25) is 10.1 Å². The van der Waals surface area contributed by atoms with Crippen LogP contribution in [0.1, 0.15) is 17.2 Å². The minimum atomic E-state index is 0.756. The van der Waals surface area contributed by atoms with E-state index in [1.807, 2.05) is 13.8 Å². The van der Waals surface area contributed by atoms with Crippen LogP contribution in [0.15, 0.2) is 12.5 Å². The summed E-state index contributed by atoms with van der Waals surface area (Å²) in [7, 11) is 0. The van der Waals surface area contributed by atoms with Crippen LogP contribution in [0.5, 0.6) is 0 Å². The molecular formula is C10H14N6. The molecule has 0 saturated carbocycles. The fourth-order valence-corrected chi connectivity index (χ4v) is 1.29. The Kier molecular flexibility index (Phi) is 3.09. The summed E-state index contributed by atoms with van der Waals surface area (Å²) in [6.07, 6.45) is 4.03. The third-order valence-electron chi connectivity index (χ3n) is 2.33. The van der Waals surface area contributed by atoms with Gasteiger partial charge in [0.25, 0.3) is 0 Å². The highest BCUT2D eigenvalue weighted by atomic mass is 15.2. The summed E-state index contributed by atoms with van der Waals surface area (Å²) in [5.41, 5.74) is 1.91. The van der Waals surface area contributed by atoms with E-state index >= 15 is 0 Å². The van der Waals surface area contributed by atoms with Crippen molar-refractivity contribution in [2.75, 3.05) is 11.9 Å². The van der Waals surface area contributed by atoms with Crippen LogP contribution < -0.4 is 5.32 Å². The SMILES string of the molecule is Cc1ncc(NCCc2ncn[nH]2)nc1C. The second kappa shape index (κ2) is 4.69. The Bertz CT molecular complexity index is 450. The molecule has 0 saturated heterocycles. The van der Waals surface area contributed by atoms with E-state index in [9.17, 15) is 0 Å². The molecule has 2 heterocycles. The monoisotopic (exact) mass is 218 g/mol. The average Bonchev–Trinajstić information content (AvgIpc) is 2.76. The molecule has 0 aliphatic heterocycles. The molecule has 0 aliphatic rings. The first-order valence-electron chi connectivity index (χ1n) is 5.14. The van der Waals surface area contributed by atoms with Crippen LogP contribution >= 0.6 is 0 Å². The minimum absolute atomic E-state index is 0.756. The third kappa shape index (κ3) is 2.53. The number of aromatic nitrogens is 5. The molecule has 0 radical (unpaired) electrons. The molecule has 16 heavy (non-hydrogen) atoms. The Hall–Kier alpha value is -1.98. The number of nitrogens with zero attached hydrogens (tertiary/aromatic N) is 4. The highest BCUT2D eigenvalue weighted by Crippen LogP contribution is 2.05. The molecule has 2 rings (SSSR count). The second-order valence-corrected chi connectivity index (χ2v) is 3.54. The van der Waals surface area contributed by atoms with Crippen molar-refractivity contribution in [2.24, 2.45) is 0 Å². The van der Waals surface area contributed by atoms with Crippen LogP contribution in [0, 0.1) is 13.8 Å². The summed E-state index contributed by atoms with van der Waals surface area (Å²) in [5.74, 6) is 1.66. The van der Waals surface area contributed by atoms with E-state index in [4.69, 9.17) is 0 Å². The molecule has 2 N–H and O–H groups in total. The van der Waals surface area contributed by atoms with E-state index < -0.39 is 0 Å². The van der Waals surface area contributed by atoms with E-state index in [1.54, 1.807) is 6.20 Å². The van der Waals surface area contributed by atoms with Gasteiger partial charge in [0.05, 0.1) is 17.6 Å². The van der Waals surface area contributed by atoms with Crippen LogP contribution in [0.25, 0.3) is 0 Å². The Morgan fingerprint density at radius 2 is 2.12 bits per heavy atom. The van der Waals surface area contributed by atoms with Gasteiger partial charge in [0.2, 0.25) is 0 Å². The summed E-state index contributed by atoms with van der Waals surface area (Å²) in [6, 6.07) is 0. The predicted octanol–water partition coefficient (Wildman–Crippen LogP) is 0.866. The fraction of sp³-hybridized carbons (Fsp3) is 0.400. The number of anilines is 1. The number of nitrogens with one attached hydrogen (secondary N) is 2. The molecule has 0 spiro atoms. The van der Waals surface area contributed by atoms with E-state index in [2.05, 4.69) is 30.5 Å². The molecule has 0 aliphatic carbocycles. The number of hydrogen-bond acceptors (Lipinski definition) is 5. The van der Waals surface area contributed by atoms with Crippen molar-refractivity contribution in [3.05, 3.63) is 29.7 Å². The van der Waals surface area contributed by atoms with Crippen molar-refractivity contribution in [3.63, 3.8) is 0 Å². The maximum Gasteiger partial charge on any atom is 0.144 e. The fourth-order valence-electron chi connectivity index (χ4n) is 1.29. The summed E-state index contributed by atoms with van der Waals surface area (Å²) in [6.45, 7) is 4.65. The molecule has 84 valence electrons. The molecule has 0 aromatic carbocycles. The lowest BCUT2D eigenvalue weighted by Gasteiger charge is -2.05.